The summed E-state index contributed by atoms with van der Waals surface area (Å²) in [6.07, 6.45) is 1.96. The predicted molar refractivity (Wildman–Crippen MR) is 80.2 cm³/mol. The topological polar surface area (TPSA) is 95.6 Å². The van der Waals surface area contributed by atoms with Crippen LogP contribution in [0.2, 0.25) is 5.02 Å². The van der Waals surface area contributed by atoms with Crippen molar-refractivity contribution in [3.8, 4) is 0 Å². The summed E-state index contributed by atoms with van der Waals surface area (Å²) in [7, 11) is 0. The number of hydroxylamine groups is 1. The number of nitrogens with one attached hydrogen (secondary N) is 2. The zero-order valence-corrected chi connectivity index (χ0v) is 12.6. The van der Waals surface area contributed by atoms with Gasteiger partial charge in [0, 0.05) is 6.54 Å². The molecular formula is C13H15ClFN5O2. The summed E-state index contributed by atoms with van der Waals surface area (Å²) >= 11 is 5.70. The van der Waals surface area contributed by atoms with Crippen LogP contribution >= 0.6 is 11.6 Å². The first-order valence-corrected chi connectivity index (χ1v) is 7.04. The van der Waals surface area contributed by atoms with Gasteiger partial charge in [-0.2, -0.15) is 0 Å². The fraction of sp³-hybridized carbons (Fsp3) is 0.308. The van der Waals surface area contributed by atoms with Gasteiger partial charge in [-0.3, -0.25) is 10.7 Å². The van der Waals surface area contributed by atoms with Gasteiger partial charge in [0.25, 0.3) is 0 Å². The third kappa shape index (κ3) is 3.92. The van der Waals surface area contributed by atoms with E-state index in [9.17, 15) is 9.60 Å². The summed E-state index contributed by atoms with van der Waals surface area (Å²) in [5.74, 6) is -0.200. The Morgan fingerprint density at radius 1 is 1.45 bits per heavy atom. The second-order valence-corrected chi connectivity index (χ2v) is 4.82. The Balaban J connectivity index is 2.25. The molecule has 118 valence electrons. The number of unbranched alkanes of at least 4 members (excludes halogenated alkanes) is 1. The SMILES string of the molecule is CCCCNc1nonc1C(=Nc1ccc(F)c(Cl)c1)NO. The highest BCUT2D eigenvalue weighted by Gasteiger charge is 2.16. The molecule has 1 heterocycles. The molecule has 1 aromatic carbocycles. The first-order valence-electron chi connectivity index (χ1n) is 6.66. The van der Waals surface area contributed by atoms with Gasteiger partial charge in [0.2, 0.25) is 5.82 Å². The fourth-order valence-corrected chi connectivity index (χ4v) is 1.83. The molecule has 0 unspecified atom stereocenters. The molecule has 0 saturated carbocycles. The number of halogens is 2. The van der Waals surface area contributed by atoms with Gasteiger partial charge in [-0.25, -0.2) is 14.0 Å². The lowest BCUT2D eigenvalue weighted by Crippen LogP contribution is -2.22. The molecule has 22 heavy (non-hydrogen) atoms. The lowest BCUT2D eigenvalue weighted by molar-refractivity contribution is 0.234. The molecule has 9 heteroatoms. The lowest BCUT2D eigenvalue weighted by Gasteiger charge is -2.05. The van der Waals surface area contributed by atoms with E-state index in [1.54, 1.807) is 0 Å². The number of aliphatic imine (C=N–C) groups is 1. The number of anilines is 1. The van der Waals surface area contributed by atoms with Crippen LogP contribution in [-0.2, 0) is 0 Å². The van der Waals surface area contributed by atoms with Gasteiger partial charge < -0.3 is 5.32 Å². The van der Waals surface area contributed by atoms with Crippen LogP contribution < -0.4 is 10.8 Å². The minimum atomic E-state index is -0.552. The van der Waals surface area contributed by atoms with Crippen LogP contribution in [0.15, 0.2) is 27.8 Å². The van der Waals surface area contributed by atoms with Crippen LogP contribution in [0, 0.1) is 5.82 Å². The van der Waals surface area contributed by atoms with E-state index < -0.39 is 5.82 Å². The predicted octanol–water partition coefficient (Wildman–Crippen LogP) is 3.13. The molecule has 0 saturated heterocycles. The van der Waals surface area contributed by atoms with E-state index in [1.165, 1.54) is 18.2 Å². The van der Waals surface area contributed by atoms with E-state index in [2.05, 4.69) is 32.2 Å². The first kappa shape index (κ1) is 16.2. The molecule has 0 spiro atoms. The van der Waals surface area contributed by atoms with Gasteiger partial charge in [0.1, 0.15) is 5.82 Å². The van der Waals surface area contributed by atoms with E-state index >= 15 is 0 Å². The van der Waals surface area contributed by atoms with Crippen molar-refractivity contribution in [2.75, 3.05) is 11.9 Å². The highest BCUT2D eigenvalue weighted by Crippen LogP contribution is 2.22. The zero-order chi connectivity index (χ0) is 15.9. The van der Waals surface area contributed by atoms with Crippen molar-refractivity contribution in [1.29, 1.82) is 0 Å². The minimum absolute atomic E-state index is 0.00271. The van der Waals surface area contributed by atoms with Crippen LogP contribution in [0.25, 0.3) is 0 Å². The van der Waals surface area contributed by atoms with Crippen molar-refractivity contribution in [3.05, 3.63) is 34.7 Å². The highest BCUT2D eigenvalue weighted by atomic mass is 35.5. The molecule has 0 radical (unpaired) electrons. The molecule has 0 fully saturated rings. The maximum atomic E-state index is 13.1. The standard InChI is InChI=1S/C13H15ClFN5O2/c1-2-3-6-16-12-11(19-22-20-12)13(18-21)17-8-4-5-10(15)9(14)7-8/h4-5,7,21H,2-3,6H2,1H3,(H,16,20)(H,17,18). The van der Waals surface area contributed by atoms with Crippen molar-refractivity contribution in [2.24, 2.45) is 4.99 Å². The molecule has 0 atom stereocenters. The fourth-order valence-electron chi connectivity index (χ4n) is 1.66. The third-order valence-corrected chi connectivity index (χ3v) is 3.08. The number of aromatic nitrogens is 2. The number of rotatable bonds is 6. The van der Waals surface area contributed by atoms with E-state index in [4.69, 9.17) is 11.6 Å². The van der Waals surface area contributed by atoms with Gasteiger partial charge in [0.15, 0.2) is 11.5 Å². The molecule has 0 amide bonds. The Kier molecular flexibility index (Phi) is 5.68. The number of hydrogen-bond acceptors (Lipinski definition) is 6. The minimum Gasteiger partial charge on any atom is -0.365 e. The lowest BCUT2D eigenvalue weighted by atomic mass is 10.3. The van der Waals surface area contributed by atoms with Crippen molar-refractivity contribution in [3.63, 3.8) is 0 Å². The van der Waals surface area contributed by atoms with Crippen LogP contribution in [0.1, 0.15) is 25.5 Å². The average Bonchev–Trinajstić information content (AvgIpc) is 2.97. The van der Waals surface area contributed by atoms with Crippen molar-refractivity contribution < 1.29 is 14.2 Å². The quantitative estimate of drug-likeness (QED) is 0.326. The van der Waals surface area contributed by atoms with E-state index in [0.717, 1.165) is 12.8 Å². The number of nitrogens with zero attached hydrogens (tertiary/aromatic N) is 3. The van der Waals surface area contributed by atoms with E-state index in [-0.39, 0.29) is 16.6 Å². The van der Waals surface area contributed by atoms with Crippen molar-refractivity contribution in [2.45, 2.75) is 19.8 Å². The Morgan fingerprint density at radius 3 is 2.95 bits per heavy atom. The summed E-state index contributed by atoms with van der Waals surface area (Å²) < 4.78 is 17.8. The van der Waals surface area contributed by atoms with Crippen LogP contribution in [0.4, 0.5) is 15.9 Å². The highest BCUT2D eigenvalue weighted by molar-refractivity contribution is 6.31. The Morgan fingerprint density at radius 2 is 2.27 bits per heavy atom. The van der Waals surface area contributed by atoms with E-state index in [1.807, 2.05) is 5.48 Å². The molecule has 1 aromatic heterocycles. The smallest absolute Gasteiger partial charge is 0.202 e. The number of hydrogen-bond donors (Lipinski definition) is 3. The summed E-state index contributed by atoms with van der Waals surface area (Å²) in [5, 5.41) is 19.6. The molecule has 0 aliphatic heterocycles. The normalized spacial score (nSPS) is 11.5. The molecule has 3 N–H and O–H groups in total. The van der Waals surface area contributed by atoms with Crippen LogP contribution in [-0.4, -0.2) is 27.9 Å². The van der Waals surface area contributed by atoms with Crippen molar-refractivity contribution in [1.82, 2.24) is 15.8 Å². The Bertz CT molecular complexity index is 662. The second-order valence-electron chi connectivity index (χ2n) is 4.41. The molecule has 0 bridgehead atoms. The molecule has 0 aliphatic rings. The Labute approximate surface area is 131 Å². The number of amidine groups is 1. The van der Waals surface area contributed by atoms with Crippen LogP contribution in [0.5, 0.6) is 0 Å². The molecule has 2 aromatic rings. The summed E-state index contributed by atoms with van der Waals surface area (Å²) in [5.41, 5.74) is 2.47. The van der Waals surface area contributed by atoms with Gasteiger partial charge in [-0.05, 0) is 34.9 Å². The first-order chi connectivity index (χ1) is 10.7. The summed E-state index contributed by atoms with van der Waals surface area (Å²) in [6.45, 7) is 2.74. The largest absolute Gasteiger partial charge is 0.365 e. The van der Waals surface area contributed by atoms with Gasteiger partial charge in [-0.15, -0.1) is 0 Å². The molecular weight excluding hydrogens is 313 g/mol. The maximum absolute atomic E-state index is 13.1. The van der Waals surface area contributed by atoms with Crippen LogP contribution in [0.3, 0.4) is 0 Å². The molecule has 7 nitrogen and oxygen atoms in total. The summed E-state index contributed by atoms with van der Waals surface area (Å²) in [6, 6.07) is 3.92. The van der Waals surface area contributed by atoms with E-state index in [0.29, 0.717) is 18.1 Å². The third-order valence-electron chi connectivity index (χ3n) is 2.79. The second kappa shape index (κ2) is 7.71. The molecule has 0 aliphatic carbocycles. The average molecular weight is 328 g/mol. The zero-order valence-electron chi connectivity index (χ0n) is 11.8. The Hall–Kier alpha value is -2.19. The molecule has 2 rings (SSSR count). The van der Waals surface area contributed by atoms with Gasteiger partial charge in [0.05, 0.1) is 10.7 Å². The van der Waals surface area contributed by atoms with Crippen molar-refractivity contribution >= 4 is 28.9 Å². The maximum Gasteiger partial charge on any atom is 0.202 e. The van der Waals surface area contributed by atoms with Gasteiger partial charge in [-0.1, -0.05) is 24.9 Å². The summed E-state index contributed by atoms with van der Waals surface area (Å²) in [4.78, 5) is 4.11. The monoisotopic (exact) mass is 327 g/mol. The number of benzene rings is 1. The van der Waals surface area contributed by atoms with Gasteiger partial charge >= 0.3 is 0 Å².